The van der Waals surface area contributed by atoms with Gasteiger partial charge in [0, 0.05) is 12.7 Å². The van der Waals surface area contributed by atoms with Crippen molar-refractivity contribution in [2.45, 2.75) is 31.7 Å². The van der Waals surface area contributed by atoms with Gasteiger partial charge in [-0.15, -0.1) is 0 Å². The maximum Gasteiger partial charge on any atom is 0.260 e. The van der Waals surface area contributed by atoms with Crippen LogP contribution in [-0.4, -0.2) is 19.9 Å². The molecule has 19 heavy (non-hydrogen) atoms. The maximum absolute atomic E-state index is 12.2. The molecule has 2 rings (SSSR count). The molecule has 0 unspecified atom stereocenters. The summed E-state index contributed by atoms with van der Waals surface area (Å²) in [7, 11) is -3.63. The van der Waals surface area contributed by atoms with Gasteiger partial charge in [-0.1, -0.05) is 13.8 Å². The van der Waals surface area contributed by atoms with E-state index in [-0.39, 0.29) is 10.4 Å². The fourth-order valence-electron chi connectivity index (χ4n) is 2.14. The molecule has 1 aromatic rings. The van der Waals surface area contributed by atoms with Crippen molar-refractivity contribution in [2.24, 2.45) is 17.2 Å². The number of hydrogen-bond donors (Lipinski definition) is 3. The Morgan fingerprint density at radius 3 is 2.68 bits per heavy atom. The molecule has 0 bridgehead atoms. The lowest BCUT2D eigenvalue weighted by molar-refractivity contribution is 0.357. The Morgan fingerprint density at radius 1 is 1.47 bits per heavy atom. The van der Waals surface area contributed by atoms with E-state index in [1.807, 2.05) is 0 Å². The average molecular weight is 284 g/mol. The van der Waals surface area contributed by atoms with E-state index in [9.17, 15) is 8.42 Å². The third-order valence-corrected chi connectivity index (χ3v) is 5.27. The molecule has 0 amide bonds. The van der Waals surface area contributed by atoms with Gasteiger partial charge in [0.05, 0.1) is 5.69 Å². The van der Waals surface area contributed by atoms with Crippen LogP contribution in [0.15, 0.2) is 23.4 Å². The molecular weight excluding hydrogens is 264 g/mol. The highest BCUT2D eigenvalue weighted by molar-refractivity contribution is 7.89. The summed E-state index contributed by atoms with van der Waals surface area (Å²) in [6.07, 6.45) is 3.57. The summed E-state index contributed by atoms with van der Waals surface area (Å²) in [5.41, 5.74) is 2.76. The van der Waals surface area contributed by atoms with Crippen LogP contribution in [0.5, 0.6) is 0 Å². The van der Waals surface area contributed by atoms with Gasteiger partial charge in [-0.05, 0) is 36.3 Å². The molecule has 6 nitrogen and oxygen atoms in total. The largest absolute Gasteiger partial charge is 0.321 e. The Balaban J connectivity index is 2.15. The minimum atomic E-state index is -3.63. The lowest BCUT2D eigenvalue weighted by Gasteiger charge is -2.20. The standard InChI is InChI=1S/C12H20N4O2S/c1-9(2)12(5-6-12)8-15-19(17,18)11-10(16-13)4-3-7-14-11/h3-4,7,9,15-16H,5-6,8,13H2,1-2H3. The molecule has 1 heterocycles. The number of nitrogens with two attached hydrogens (primary N) is 1. The van der Waals surface area contributed by atoms with E-state index in [1.54, 1.807) is 12.1 Å². The Hall–Kier alpha value is -1.18. The lowest BCUT2D eigenvalue weighted by atomic mass is 9.93. The van der Waals surface area contributed by atoms with E-state index >= 15 is 0 Å². The Morgan fingerprint density at radius 2 is 2.16 bits per heavy atom. The van der Waals surface area contributed by atoms with Crippen molar-refractivity contribution >= 4 is 15.7 Å². The second kappa shape index (κ2) is 5.07. The van der Waals surface area contributed by atoms with Crippen molar-refractivity contribution < 1.29 is 8.42 Å². The maximum atomic E-state index is 12.2. The highest BCUT2D eigenvalue weighted by atomic mass is 32.2. The summed E-state index contributed by atoms with van der Waals surface area (Å²) in [4.78, 5) is 3.89. The van der Waals surface area contributed by atoms with Crippen molar-refractivity contribution in [3.63, 3.8) is 0 Å². The zero-order valence-corrected chi connectivity index (χ0v) is 12.0. The second-order valence-electron chi connectivity index (χ2n) is 5.34. The van der Waals surface area contributed by atoms with E-state index < -0.39 is 10.0 Å². The summed E-state index contributed by atoms with van der Waals surface area (Å²) in [5, 5.41) is -0.0583. The van der Waals surface area contributed by atoms with Gasteiger partial charge in [0.1, 0.15) is 0 Å². The van der Waals surface area contributed by atoms with Crippen LogP contribution in [-0.2, 0) is 10.0 Å². The van der Waals surface area contributed by atoms with Crippen molar-refractivity contribution in [1.29, 1.82) is 0 Å². The van der Waals surface area contributed by atoms with Crippen LogP contribution in [0.4, 0.5) is 5.69 Å². The zero-order chi connectivity index (χ0) is 14.1. The van der Waals surface area contributed by atoms with Gasteiger partial charge in [-0.25, -0.2) is 18.1 Å². The van der Waals surface area contributed by atoms with Crippen LogP contribution in [0.2, 0.25) is 0 Å². The average Bonchev–Trinajstić information content (AvgIpc) is 3.18. The molecule has 1 saturated carbocycles. The van der Waals surface area contributed by atoms with Gasteiger partial charge in [0.15, 0.2) is 5.03 Å². The monoisotopic (exact) mass is 284 g/mol. The number of aromatic nitrogens is 1. The van der Waals surface area contributed by atoms with E-state index in [0.29, 0.717) is 18.2 Å². The van der Waals surface area contributed by atoms with Crippen molar-refractivity contribution in [3.05, 3.63) is 18.3 Å². The lowest BCUT2D eigenvalue weighted by Crippen LogP contribution is -2.33. The van der Waals surface area contributed by atoms with Gasteiger partial charge in [-0.3, -0.25) is 5.84 Å². The number of nitrogen functional groups attached to an aromatic ring is 1. The minimum absolute atomic E-state index is 0.0583. The summed E-state index contributed by atoms with van der Waals surface area (Å²) < 4.78 is 27.1. The molecule has 0 atom stereocenters. The molecule has 1 aliphatic carbocycles. The smallest absolute Gasteiger partial charge is 0.260 e. The number of nitrogens with zero attached hydrogens (tertiary/aromatic N) is 1. The molecule has 7 heteroatoms. The Kier molecular flexibility index (Phi) is 3.80. The summed E-state index contributed by atoms with van der Waals surface area (Å²) in [6, 6.07) is 3.21. The number of rotatable bonds is 6. The predicted molar refractivity (Wildman–Crippen MR) is 73.7 cm³/mol. The third-order valence-electron chi connectivity index (χ3n) is 3.91. The van der Waals surface area contributed by atoms with E-state index in [1.165, 1.54) is 6.20 Å². The van der Waals surface area contributed by atoms with E-state index in [2.05, 4.69) is 29.0 Å². The first-order valence-electron chi connectivity index (χ1n) is 6.32. The number of sulfonamides is 1. The van der Waals surface area contributed by atoms with Gasteiger partial charge < -0.3 is 5.43 Å². The highest BCUT2D eigenvalue weighted by Crippen LogP contribution is 2.51. The fraction of sp³-hybridized carbons (Fsp3) is 0.583. The van der Waals surface area contributed by atoms with Gasteiger partial charge in [0.25, 0.3) is 10.0 Å². The molecule has 0 saturated heterocycles. The zero-order valence-electron chi connectivity index (χ0n) is 11.2. The Labute approximate surface area is 113 Å². The normalized spacial score (nSPS) is 17.5. The molecule has 1 aromatic heterocycles. The number of anilines is 1. The number of pyridine rings is 1. The first kappa shape index (κ1) is 14.2. The Bertz CT molecular complexity index is 553. The molecule has 0 radical (unpaired) electrons. The van der Waals surface area contributed by atoms with E-state index in [4.69, 9.17) is 5.84 Å². The molecule has 0 aliphatic heterocycles. The van der Waals surface area contributed by atoms with Crippen LogP contribution in [0.1, 0.15) is 26.7 Å². The topological polar surface area (TPSA) is 97.1 Å². The quantitative estimate of drug-likeness (QED) is 0.536. The molecule has 106 valence electrons. The van der Waals surface area contributed by atoms with E-state index in [0.717, 1.165) is 12.8 Å². The third kappa shape index (κ3) is 2.88. The first-order chi connectivity index (χ1) is 8.91. The number of nitrogens with one attached hydrogen (secondary N) is 2. The van der Waals surface area contributed by atoms with Crippen LogP contribution in [0.25, 0.3) is 0 Å². The van der Waals surface area contributed by atoms with Crippen LogP contribution < -0.4 is 16.0 Å². The summed E-state index contributed by atoms with van der Waals surface area (Å²) >= 11 is 0. The summed E-state index contributed by atoms with van der Waals surface area (Å²) in [5.74, 6) is 5.77. The van der Waals surface area contributed by atoms with Gasteiger partial charge in [0.2, 0.25) is 0 Å². The van der Waals surface area contributed by atoms with Gasteiger partial charge in [-0.2, -0.15) is 0 Å². The van der Waals surface area contributed by atoms with Crippen molar-refractivity contribution in [2.75, 3.05) is 12.0 Å². The molecular formula is C12H20N4O2S. The van der Waals surface area contributed by atoms with Crippen molar-refractivity contribution in [3.8, 4) is 0 Å². The predicted octanol–water partition coefficient (Wildman–Crippen LogP) is 1.08. The first-order valence-corrected chi connectivity index (χ1v) is 7.81. The minimum Gasteiger partial charge on any atom is -0.321 e. The summed E-state index contributed by atoms with van der Waals surface area (Å²) in [6.45, 7) is 4.69. The number of hydrazine groups is 1. The van der Waals surface area contributed by atoms with Gasteiger partial charge >= 0.3 is 0 Å². The second-order valence-corrected chi connectivity index (χ2v) is 7.02. The molecule has 1 aliphatic rings. The van der Waals surface area contributed by atoms with Crippen LogP contribution in [0, 0.1) is 11.3 Å². The number of hydrogen-bond acceptors (Lipinski definition) is 5. The molecule has 0 spiro atoms. The molecule has 0 aromatic carbocycles. The SMILES string of the molecule is CC(C)C1(CNS(=O)(=O)c2ncccc2NN)CC1. The van der Waals surface area contributed by atoms with Crippen LogP contribution >= 0.6 is 0 Å². The fourth-order valence-corrected chi connectivity index (χ4v) is 3.37. The van der Waals surface area contributed by atoms with Crippen LogP contribution in [0.3, 0.4) is 0 Å². The van der Waals surface area contributed by atoms with Crippen molar-refractivity contribution in [1.82, 2.24) is 9.71 Å². The molecule has 1 fully saturated rings. The molecule has 4 N–H and O–H groups in total. The highest BCUT2D eigenvalue weighted by Gasteiger charge is 2.45.